The molecule has 0 atom stereocenters. The lowest BCUT2D eigenvalue weighted by Gasteiger charge is -2.10. The third kappa shape index (κ3) is 4.13. The largest absolute Gasteiger partial charge is 0.325 e. The molecule has 0 unspecified atom stereocenters. The van der Waals surface area contributed by atoms with Gasteiger partial charge < -0.3 is 10.6 Å². The molecule has 2 amide bonds. The van der Waals surface area contributed by atoms with Crippen LogP contribution in [0, 0.1) is 6.92 Å². The van der Waals surface area contributed by atoms with E-state index >= 15 is 0 Å². The highest BCUT2D eigenvalue weighted by atomic mass is 16.2. The van der Waals surface area contributed by atoms with Crippen LogP contribution in [-0.4, -0.2) is 11.8 Å². The van der Waals surface area contributed by atoms with Gasteiger partial charge in [-0.1, -0.05) is 13.5 Å². The first kappa shape index (κ1) is 14.2. The topological polar surface area (TPSA) is 58.2 Å². The minimum atomic E-state index is -0.162. The average molecular weight is 222 g/mol. The van der Waals surface area contributed by atoms with Crippen LogP contribution in [0.5, 0.6) is 0 Å². The van der Waals surface area contributed by atoms with Gasteiger partial charge in [-0.2, -0.15) is 0 Å². The van der Waals surface area contributed by atoms with Crippen molar-refractivity contribution in [2.24, 2.45) is 0 Å². The van der Waals surface area contributed by atoms with E-state index in [-0.39, 0.29) is 19.2 Å². The summed E-state index contributed by atoms with van der Waals surface area (Å²) in [6, 6.07) is 5.45. The molecule has 4 heteroatoms. The van der Waals surface area contributed by atoms with E-state index in [1.54, 1.807) is 6.07 Å². The van der Waals surface area contributed by atoms with Crippen LogP contribution in [0.1, 0.15) is 26.8 Å². The summed E-state index contributed by atoms with van der Waals surface area (Å²) in [5.74, 6) is -0.322. The predicted octanol–water partition coefficient (Wildman–Crippen LogP) is 2.55. The molecule has 1 rings (SSSR count). The van der Waals surface area contributed by atoms with Crippen molar-refractivity contribution in [2.75, 3.05) is 10.6 Å². The molecule has 0 aliphatic heterocycles. The third-order valence-electron chi connectivity index (χ3n) is 1.80. The van der Waals surface area contributed by atoms with Crippen LogP contribution in [0.15, 0.2) is 18.2 Å². The van der Waals surface area contributed by atoms with Gasteiger partial charge in [-0.05, 0) is 24.6 Å². The van der Waals surface area contributed by atoms with Crippen molar-refractivity contribution in [1.82, 2.24) is 0 Å². The molecule has 0 aliphatic carbocycles. The van der Waals surface area contributed by atoms with Crippen LogP contribution >= 0.6 is 0 Å². The summed E-state index contributed by atoms with van der Waals surface area (Å²) in [5.41, 5.74) is 2.26. The highest BCUT2D eigenvalue weighted by Crippen LogP contribution is 2.22. The molecule has 0 spiro atoms. The number of anilines is 2. The summed E-state index contributed by atoms with van der Waals surface area (Å²) in [6.07, 6.45) is 0. The van der Waals surface area contributed by atoms with Gasteiger partial charge in [0.05, 0.1) is 11.4 Å². The van der Waals surface area contributed by atoms with E-state index in [2.05, 4.69) is 10.6 Å². The summed E-state index contributed by atoms with van der Waals surface area (Å²) >= 11 is 0. The Bertz CT molecular complexity index is 400. The van der Waals surface area contributed by atoms with Crippen molar-refractivity contribution in [3.8, 4) is 0 Å². The van der Waals surface area contributed by atoms with E-state index < -0.39 is 0 Å². The first-order valence-corrected chi connectivity index (χ1v) is 4.65. The van der Waals surface area contributed by atoms with E-state index in [4.69, 9.17) is 0 Å². The molecular formula is C12H18N2O2. The first-order valence-electron chi connectivity index (χ1n) is 4.65. The van der Waals surface area contributed by atoms with Crippen LogP contribution in [0.4, 0.5) is 11.4 Å². The molecule has 0 bridgehead atoms. The fraction of sp³-hybridized carbons (Fsp3) is 0.333. The SMILES string of the molecule is C.CC(=O)Nc1ccc(C)cc1NC(C)=O. The van der Waals surface area contributed by atoms with Gasteiger partial charge in [0.15, 0.2) is 0 Å². The summed E-state index contributed by atoms with van der Waals surface area (Å²) in [4.78, 5) is 21.9. The zero-order chi connectivity index (χ0) is 11.4. The van der Waals surface area contributed by atoms with Crippen LogP contribution in [-0.2, 0) is 9.59 Å². The van der Waals surface area contributed by atoms with Gasteiger partial charge in [0.1, 0.15) is 0 Å². The summed E-state index contributed by atoms with van der Waals surface area (Å²) < 4.78 is 0. The number of hydrogen-bond donors (Lipinski definition) is 2. The van der Waals surface area contributed by atoms with Crippen molar-refractivity contribution in [3.05, 3.63) is 23.8 Å². The highest BCUT2D eigenvalue weighted by molar-refractivity contribution is 5.98. The molecule has 0 fully saturated rings. The summed E-state index contributed by atoms with van der Waals surface area (Å²) in [7, 11) is 0. The molecule has 0 aromatic heterocycles. The zero-order valence-corrected chi connectivity index (χ0v) is 9.05. The normalized spacial score (nSPS) is 8.94. The van der Waals surface area contributed by atoms with Crippen LogP contribution in [0.25, 0.3) is 0 Å². The molecule has 4 nitrogen and oxygen atoms in total. The molecule has 0 saturated carbocycles. The quantitative estimate of drug-likeness (QED) is 0.807. The van der Waals surface area contributed by atoms with E-state index in [1.807, 2.05) is 19.1 Å². The third-order valence-corrected chi connectivity index (χ3v) is 1.80. The Hall–Kier alpha value is -1.84. The van der Waals surface area contributed by atoms with Crippen molar-refractivity contribution in [1.29, 1.82) is 0 Å². The Morgan fingerprint density at radius 2 is 1.50 bits per heavy atom. The van der Waals surface area contributed by atoms with Crippen molar-refractivity contribution < 1.29 is 9.59 Å². The van der Waals surface area contributed by atoms with Gasteiger partial charge in [0, 0.05) is 13.8 Å². The molecule has 1 aromatic carbocycles. The lowest BCUT2D eigenvalue weighted by molar-refractivity contribution is -0.115. The molecule has 0 heterocycles. The standard InChI is InChI=1S/C11H14N2O2.CH4/c1-7-4-5-10(12-8(2)14)11(6-7)13-9(3)15;/h4-6H,1-3H3,(H,12,14)(H,13,15);1H4. The van der Waals surface area contributed by atoms with E-state index in [0.717, 1.165) is 5.56 Å². The van der Waals surface area contributed by atoms with Crippen molar-refractivity contribution in [2.45, 2.75) is 28.2 Å². The van der Waals surface area contributed by atoms with Crippen molar-refractivity contribution in [3.63, 3.8) is 0 Å². The maximum atomic E-state index is 10.9. The van der Waals surface area contributed by atoms with Gasteiger partial charge in [0.2, 0.25) is 11.8 Å². The number of benzene rings is 1. The Morgan fingerprint density at radius 1 is 1.00 bits per heavy atom. The van der Waals surface area contributed by atoms with Crippen LogP contribution < -0.4 is 10.6 Å². The minimum absolute atomic E-state index is 0. The smallest absolute Gasteiger partial charge is 0.221 e. The molecule has 16 heavy (non-hydrogen) atoms. The Balaban J connectivity index is 0.00000225. The van der Waals surface area contributed by atoms with E-state index in [9.17, 15) is 9.59 Å². The Labute approximate surface area is 96.0 Å². The highest BCUT2D eigenvalue weighted by Gasteiger charge is 2.05. The fourth-order valence-corrected chi connectivity index (χ4v) is 1.25. The summed E-state index contributed by atoms with van der Waals surface area (Å²) in [5, 5.41) is 5.32. The van der Waals surface area contributed by atoms with E-state index in [0.29, 0.717) is 11.4 Å². The van der Waals surface area contributed by atoms with E-state index in [1.165, 1.54) is 13.8 Å². The number of amides is 2. The molecule has 88 valence electrons. The second-order valence-corrected chi connectivity index (χ2v) is 3.41. The molecule has 2 N–H and O–H groups in total. The van der Waals surface area contributed by atoms with Crippen molar-refractivity contribution >= 4 is 23.2 Å². The van der Waals surface area contributed by atoms with Crippen LogP contribution in [0.3, 0.4) is 0 Å². The van der Waals surface area contributed by atoms with Gasteiger partial charge in [-0.3, -0.25) is 9.59 Å². The number of rotatable bonds is 2. The summed E-state index contributed by atoms with van der Waals surface area (Å²) in [6.45, 7) is 4.78. The average Bonchev–Trinajstić information content (AvgIpc) is 2.08. The number of hydrogen-bond acceptors (Lipinski definition) is 2. The second kappa shape index (κ2) is 5.90. The van der Waals surface area contributed by atoms with Gasteiger partial charge >= 0.3 is 0 Å². The zero-order valence-electron chi connectivity index (χ0n) is 9.05. The molecule has 0 radical (unpaired) electrons. The maximum absolute atomic E-state index is 10.9. The lowest BCUT2D eigenvalue weighted by atomic mass is 10.2. The first-order chi connectivity index (χ1) is 6.99. The van der Waals surface area contributed by atoms with Crippen LogP contribution in [0.2, 0.25) is 0 Å². The second-order valence-electron chi connectivity index (χ2n) is 3.41. The number of carbonyl (C=O) groups is 2. The Kier molecular flexibility index (Phi) is 5.22. The lowest BCUT2D eigenvalue weighted by Crippen LogP contribution is -2.12. The molecule has 1 aromatic rings. The molecule has 0 aliphatic rings. The molecular weight excluding hydrogens is 204 g/mol. The Morgan fingerprint density at radius 3 is 2.00 bits per heavy atom. The van der Waals surface area contributed by atoms with Gasteiger partial charge in [-0.15, -0.1) is 0 Å². The number of nitrogens with one attached hydrogen (secondary N) is 2. The monoisotopic (exact) mass is 222 g/mol. The number of aryl methyl sites for hydroxylation is 1. The number of carbonyl (C=O) groups excluding carboxylic acids is 2. The van der Waals surface area contributed by atoms with Gasteiger partial charge in [0.25, 0.3) is 0 Å². The molecule has 0 saturated heterocycles. The minimum Gasteiger partial charge on any atom is -0.325 e. The van der Waals surface area contributed by atoms with Gasteiger partial charge in [-0.25, -0.2) is 0 Å². The fourth-order valence-electron chi connectivity index (χ4n) is 1.25. The predicted molar refractivity (Wildman–Crippen MR) is 66.5 cm³/mol. The maximum Gasteiger partial charge on any atom is 0.221 e.